The fraction of sp³-hybridized carbons (Fsp3) is 0.467. The van der Waals surface area contributed by atoms with E-state index in [-0.39, 0.29) is 18.9 Å². The highest BCUT2D eigenvalue weighted by Crippen LogP contribution is 2.27. The molecule has 4 N–H and O–H groups in total. The van der Waals surface area contributed by atoms with Crippen LogP contribution in [0.2, 0.25) is 0 Å². The van der Waals surface area contributed by atoms with Gasteiger partial charge in [0.2, 0.25) is 0 Å². The molecule has 0 saturated carbocycles. The van der Waals surface area contributed by atoms with E-state index in [9.17, 15) is 9.59 Å². The van der Waals surface area contributed by atoms with Crippen LogP contribution in [0.15, 0.2) is 24.3 Å². The van der Waals surface area contributed by atoms with Crippen molar-refractivity contribution in [3.05, 3.63) is 29.8 Å². The van der Waals surface area contributed by atoms with Crippen LogP contribution in [0.1, 0.15) is 38.7 Å². The number of carboxylic acids is 1. The summed E-state index contributed by atoms with van der Waals surface area (Å²) in [6, 6.07) is 6.99. The van der Waals surface area contributed by atoms with Crippen molar-refractivity contribution >= 4 is 17.7 Å². The average molecular weight is 294 g/mol. The molecule has 0 saturated heterocycles. The number of para-hydroxylation sites is 1. The normalized spacial score (nSPS) is 12.6. The number of aliphatic carboxylic acids is 1. The second-order valence-corrected chi connectivity index (χ2v) is 5.74. The van der Waals surface area contributed by atoms with Crippen LogP contribution in [0, 0.1) is 0 Å². The summed E-state index contributed by atoms with van der Waals surface area (Å²) < 4.78 is 5.19. The molecule has 1 aromatic carbocycles. The molecular weight excluding hydrogens is 272 g/mol. The van der Waals surface area contributed by atoms with Crippen molar-refractivity contribution in [2.24, 2.45) is 5.73 Å². The zero-order valence-electron chi connectivity index (χ0n) is 12.6. The lowest BCUT2D eigenvalue weighted by Crippen LogP contribution is -2.28. The molecule has 6 heteroatoms. The Balaban J connectivity index is 2.93. The highest BCUT2D eigenvalue weighted by Gasteiger charge is 2.20. The summed E-state index contributed by atoms with van der Waals surface area (Å²) in [4.78, 5) is 22.7. The predicted molar refractivity (Wildman–Crippen MR) is 80.3 cm³/mol. The van der Waals surface area contributed by atoms with Crippen LogP contribution in [-0.4, -0.2) is 29.3 Å². The summed E-state index contributed by atoms with van der Waals surface area (Å²) in [7, 11) is 0. The van der Waals surface area contributed by atoms with Crippen molar-refractivity contribution < 1.29 is 19.4 Å². The molecule has 1 atom stereocenters. The molecule has 1 unspecified atom stereocenters. The van der Waals surface area contributed by atoms with Crippen molar-refractivity contribution in [3.63, 3.8) is 0 Å². The molecule has 21 heavy (non-hydrogen) atoms. The lowest BCUT2D eigenvalue weighted by molar-refractivity contribution is -0.137. The largest absolute Gasteiger partial charge is 0.481 e. The molecule has 0 aliphatic carbocycles. The Kier molecular flexibility index (Phi) is 5.72. The summed E-state index contributed by atoms with van der Waals surface area (Å²) in [5, 5.41) is 11.6. The topological polar surface area (TPSA) is 102 Å². The molecule has 0 aliphatic rings. The van der Waals surface area contributed by atoms with E-state index in [1.165, 1.54) is 0 Å². The SMILES string of the molecule is CC(C)(C)OC(=O)Nc1ccccc1C(CN)CC(=O)O. The first-order valence-electron chi connectivity index (χ1n) is 6.73. The predicted octanol–water partition coefficient (Wildman–Crippen LogP) is 2.55. The maximum absolute atomic E-state index is 11.8. The molecule has 0 radical (unpaired) electrons. The first-order chi connectivity index (χ1) is 9.73. The van der Waals surface area contributed by atoms with Crippen molar-refractivity contribution in [1.82, 2.24) is 0 Å². The van der Waals surface area contributed by atoms with E-state index in [1.54, 1.807) is 45.0 Å². The van der Waals surface area contributed by atoms with Crippen LogP contribution in [0.5, 0.6) is 0 Å². The number of anilines is 1. The Bertz CT molecular complexity index is 509. The maximum atomic E-state index is 11.8. The van der Waals surface area contributed by atoms with E-state index < -0.39 is 17.7 Å². The van der Waals surface area contributed by atoms with Gasteiger partial charge in [0.1, 0.15) is 5.60 Å². The van der Waals surface area contributed by atoms with Gasteiger partial charge in [-0.05, 0) is 38.9 Å². The number of amides is 1. The number of benzene rings is 1. The Morgan fingerprint density at radius 2 is 1.95 bits per heavy atom. The van der Waals surface area contributed by atoms with Gasteiger partial charge in [0.25, 0.3) is 0 Å². The molecule has 116 valence electrons. The summed E-state index contributed by atoms with van der Waals surface area (Å²) >= 11 is 0. The fourth-order valence-electron chi connectivity index (χ4n) is 1.91. The Morgan fingerprint density at radius 3 is 2.48 bits per heavy atom. The van der Waals surface area contributed by atoms with Crippen molar-refractivity contribution in [2.45, 2.75) is 38.7 Å². The van der Waals surface area contributed by atoms with E-state index in [4.69, 9.17) is 15.6 Å². The van der Waals surface area contributed by atoms with Crippen LogP contribution in [0.25, 0.3) is 0 Å². The molecule has 0 bridgehead atoms. The third-order valence-electron chi connectivity index (χ3n) is 2.74. The van der Waals surface area contributed by atoms with Gasteiger partial charge in [-0.25, -0.2) is 4.79 Å². The number of nitrogens with one attached hydrogen (secondary N) is 1. The number of carbonyl (C=O) groups is 2. The molecule has 0 fully saturated rings. The molecule has 6 nitrogen and oxygen atoms in total. The lowest BCUT2D eigenvalue weighted by Gasteiger charge is -2.22. The zero-order chi connectivity index (χ0) is 16.0. The van der Waals surface area contributed by atoms with Gasteiger partial charge in [0, 0.05) is 11.6 Å². The highest BCUT2D eigenvalue weighted by molar-refractivity contribution is 5.86. The van der Waals surface area contributed by atoms with Gasteiger partial charge in [-0.2, -0.15) is 0 Å². The number of hydrogen-bond acceptors (Lipinski definition) is 4. The monoisotopic (exact) mass is 294 g/mol. The molecule has 0 spiro atoms. The number of rotatable bonds is 5. The van der Waals surface area contributed by atoms with Gasteiger partial charge >= 0.3 is 12.1 Å². The number of ether oxygens (including phenoxy) is 1. The lowest BCUT2D eigenvalue weighted by atomic mass is 9.94. The smallest absolute Gasteiger partial charge is 0.412 e. The fourth-order valence-corrected chi connectivity index (χ4v) is 1.91. The quantitative estimate of drug-likeness (QED) is 0.774. The van der Waals surface area contributed by atoms with Crippen LogP contribution in [-0.2, 0) is 9.53 Å². The third kappa shape index (κ3) is 5.83. The Labute approximate surface area is 124 Å². The summed E-state index contributed by atoms with van der Waals surface area (Å²) in [5.74, 6) is -1.30. The van der Waals surface area contributed by atoms with E-state index in [0.717, 1.165) is 0 Å². The second kappa shape index (κ2) is 7.08. The standard InChI is InChI=1S/C15H22N2O4/c1-15(2,3)21-14(20)17-12-7-5-4-6-11(12)10(9-16)8-13(18)19/h4-7,10H,8-9,16H2,1-3H3,(H,17,20)(H,18,19). The zero-order valence-corrected chi connectivity index (χ0v) is 12.6. The van der Waals surface area contributed by atoms with Crippen molar-refractivity contribution in [2.75, 3.05) is 11.9 Å². The molecule has 1 aromatic rings. The van der Waals surface area contributed by atoms with Gasteiger partial charge in [-0.1, -0.05) is 18.2 Å². The molecule has 1 rings (SSSR count). The van der Waals surface area contributed by atoms with Gasteiger partial charge in [-0.3, -0.25) is 10.1 Å². The number of hydrogen-bond donors (Lipinski definition) is 3. The molecular formula is C15H22N2O4. The molecule has 1 amide bonds. The minimum absolute atomic E-state index is 0.0937. The minimum atomic E-state index is -0.933. The van der Waals surface area contributed by atoms with Crippen molar-refractivity contribution in [3.8, 4) is 0 Å². The van der Waals surface area contributed by atoms with Gasteiger partial charge < -0.3 is 15.6 Å². The first-order valence-corrected chi connectivity index (χ1v) is 6.73. The van der Waals surface area contributed by atoms with Crippen LogP contribution >= 0.6 is 0 Å². The van der Waals surface area contributed by atoms with Crippen LogP contribution in [0.4, 0.5) is 10.5 Å². The Hall–Kier alpha value is -2.08. The van der Waals surface area contributed by atoms with Gasteiger partial charge in [0.15, 0.2) is 0 Å². The van der Waals surface area contributed by atoms with E-state index in [0.29, 0.717) is 11.3 Å². The molecule has 0 aliphatic heterocycles. The number of carbonyl (C=O) groups excluding carboxylic acids is 1. The highest BCUT2D eigenvalue weighted by atomic mass is 16.6. The van der Waals surface area contributed by atoms with Crippen molar-refractivity contribution in [1.29, 1.82) is 0 Å². The molecule has 0 aromatic heterocycles. The van der Waals surface area contributed by atoms with Crippen LogP contribution in [0.3, 0.4) is 0 Å². The minimum Gasteiger partial charge on any atom is -0.481 e. The Morgan fingerprint density at radius 1 is 1.33 bits per heavy atom. The molecule has 0 heterocycles. The second-order valence-electron chi connectivity index (χ2n) is 5.74. The maximum Gasteiger partial charge on any atom is 0.412 e. The number of nitrogens with two attached hydrogens (primary N) is 1. The van der Waals surface area contributed by atoms with Crippen LogP contribution < -0.4 is 11.1 Å². The number of carboxylic acid groups (broad SMARTS) is 1. The van der Waals surface area contributed by atoms with Gasteiger partial charge in [-0.15, -0.1) is 0 Å². The van der Waals surface area contributed by atoms with E-state index in [2.05, 4.69) is 5.32 Å². The third-order valence-corrected chi connectivity index (χ3v) is 2.74. The summed E-state index contributed by atoms with van der Waals surface area (Å²) in [6.45, 7) is 5.49. The summed E-state index contributed by atoms with van der Waals surface area (Å²) in [6.07, 6.45) is -0.676. The van der Waals surface area contributed by atoms with E-state index in [1.807, 2.05) is 0 Å². The van der Waals surface area contributed by atoms with E-state index >= 15 is 0 Å². The van der Waals surface area contributed by atoms with Gasteiger partial charge in [0.05, 0.1) is 6.42 Å². The first kappa shape index (κ1) is 17.0. The average Bonchev–Trinajstić information content (AvgIpc) is 2.34. The summed E-state index contributed by atoms with van der Waals surface area (Å²) in [5.41, 5.74) is 6.25.